The van der Waals surface area contributed by atoms with Crippen molar-refractivity contribution < 1.29 is 22.0 Å². The van der Waals surface area contributed by atoms with Crippen molar-refractivity contribution in [2.24, 2.45) is 0 Å². The second kappa shape index (κ2) is 13.3. The summed E-state index contributed by atoms with van der Waals surface area (Å²) in [5.41, 5.74) is 10.9. The first kappa shape index (κ1) is 35.1. The Labute approximate surface area is 347 Å². The van der Waals surface area contributed by atoms with E-state index in [-0.39, 0.29) is 11.6 Å². The van der Waals surface area contributed by atoms with Crippen molar-refractivity contribution in [3.63, 3.8) is 0 Å². The van der Waals surface area contributed by atoms with Gasteiger partial charge in [-0.05, 0) is 91.7 Å². The number of furan rings is 3. The van der Waals surface area contributed by atoms with Gasteiger partial charge in [0, 0.05) is 49.1 Å². The zero-order valence-corrected chi connectivity index (χ0v) is 33.0. The fourth-order valence-corrected chi connectivity index (χ4v) is 9.26. The van der Waals surface area contributed by atoms with Crippen LogP contribution in [-0.2, 0) is 0 Å². The molecule has 7 heteroatoms. The minimum Gasteiger partial charge on any atom is -0.454 e. The molecule has 0 unspecified atom stereocenters. The number of rotatable bonds is 6. The largest absolute Gasteiger partial charge is 0.454 e. The summed E-state index contributed by atoms with van der Waals surface area (Å²) >= 11 is 0. The number of fused-ring (bicyclic) bond motifs is 10. The molecule has 61 heavy (non-hydrogen) atoms. The summed E-state index contributed by atoms with van der Waals surface area (Å²) in [5.74, 6) is -0.689. The van der Waals surface area contributed by atoms with E-state index in [1.165, 1.54) is 24.3 Å². The third-order valence-electron chi connectivity index (χ3n) is 12.0. The van der Waals surface area contributed by atoms with Crippen LogP contribution in [0.4, 0.5) is 42.9 Å². The molecule has 0 aliphatic heterocycles. The average Bonchev–Trinajstić information content (AvgIpc) is 3.99. The molecular weight excluding hydrogens is 763 g/mol. The molecule has 292 valence electrons. The predicted molar refractivity (Wildman–Crippen MR) is 245 cm³/mol. The minimum absolute atomic E-state index is 0.342. The standard InChI is InChI=1S/C54H34F2N2O3/c1-31-11-7-16-39-41-18-9-20-44(52(41)60-50(31)39)57(35-27-23-33(55)24-28-35)48-37-13-3-4-14-38(37)49(54-47(48)43-15-5-6-22-46(43)59-54)58(36-29-25-34(56)26-30-36)45-21-10-19-42-40-17-8-12-32(2)51(40)61-53(42)45/h3-30H,1-2H3. The van der Waals surface area contributed by atoms with Gasteiger partial charge in [0.1, 0.15) is 28.4 Å². The van der Waals surface area contributed by atoms with E-state index >= 15 is 0 Å². The van der Waals surface area contributed by atoms with Gasteiger partial charge in [0.15, 0.2) is 16.7 Å². The second-order valence-corrected chi connectivity index (χ2v) is 15.6. The normalized spacial score (nSPS) is 11.9. The highest BCUT2D eigenvalue weighted by molar-refractivity contribution is 6.29. The first-order chi connectivity index (χ1) is 29.9. The van der Waals surface area contributed by atoms with Crippen molar-refractivity contribution in [2.75, 3.05) is 9.80 Å². The summed E-state index contributed by atoms with van der Waals surface area (Å²) in [4.78, 5) is 4.29. The maximum absolute atomic E-state index is 14.9. The van der Waals surface area contributed by atoms with Crippen LogP contribution < -0.4 is 9.80 Å². The van der Waals surface area contributed by atoms with Gasteiger partial charge in [-0.1, -0.05) is 103 Å². The summed E-state index contributed by atoms with van der Waals surface area (Å²) in [7, 11) is 0. The van der Waals surface area contributed by atoms with Crippen LogP contribution in [0.2, 0.25) is 0 Å². The van der Waals surface area contributed by atoms with Crippen molar-refractivity contribution >= 4 is 111 Å². The Morgan fingerprint density at radius 3 is 1.28 bits per heavy atom. The van der Waals surface area contributed by atoms with Gasteiger partial charge in [-0.25, -0.2) is 8.78 Å². The zero-order chi connectivity index (χ0) is 40.9. The number of hydrogen-bond acceptors (Lipinski definition) is 5. The molecule has 3 heterocycles. The van der Waals surface area contributed by atoms with Crippen molar-refractivity contribution in [1.29, 1.82) is 0 Å². The quantitative estimate of drug-likeness (QED) is 0.157. The lowest BCUT2D eigenvalue weighted by Gasteiger charge is -2.31. The van der Waals surface area contributed by atoms with Gasteiger partial charge in [-0.3, -0.25) is 0 Å². The molecule has 12 aromatic rings. The number of anilines is 6. The van der Waals surface area contributed by atoms with Crippen molar-refractivity contribution in [2.45, 2.75) is 13.8 Å². The van der Waals surface area contributed by atoms with E-state index in [9.17, 15) is 8.78 Å². The molecule has 0 saturated heterocycles. The van der Waals surface area contributed by atoms with Crippen molar-refractivity contribution in [3.8, 4) is 0 Å². The number of benzene rings is 9. The van der Waals surface area contributed by atoms with Crippen LogP contribution in [-0.4, -0.2) is 0 Å². The van der Waals surface area contributed by atoms with Crippen LogP contribution in [0.1, 0.15) is 11.1 Å². The van der Waals surface area contributed by atoms with Gasteiger partial charge >= 0.3 is 0 Å². The smallest absolute Gasteiger partial charge is 0.162 e. The molecule has 0 atom stereocenters. The summed E-state index contributed by atoms with van der Waals surface area (Å²) in [6, 6.07) is 54.0. The highest BCUT2D eigenvalue weighted by atomic mass is 19.1. The lowest BCUT2D eigenvalue weighted by atomic mass is 9.97. The van der Waals surface area contributed by atoms with Crippen molar-refractivity contribution in [1.82, 2.24) is 0 Å². The number of aryl methyl sites for hydroxylation is 2. The Kier molecular flexibility index (Phi) is 7.65. The maximum Gasteiger partial charge on any atom is 0.162 e. The van der Waals surface area contributed by atoms with E-state index in [0.717, 1.165) is 93.8 Å². The summed E-state index contributed by atoms with van der Waals surface area (Å²) < 4.78 is 50.4. The minimum atomic E-state index is -0.347. The predicted octanol–water partition coefficient (Wildman–Crippen LogP) is 16.4. The summed E-state index contributed by atoms with van der Waals surface area (Å²) in [6.45, 7) is 4.10. The molecule has 12 rings (SSSR count). The van der Waals surface area contributed by atoms with Gasteiger partial charge in [0.25, 0.3) is 0 Å². The summed E-state index contributed by atoms with van der Waals surface area (Å²) in [5, 5.41) is 7.42. The Morgan fingerprint density at radius 1 is 0.344 bits per heavy atom. The molecule has 0 radical (unpaired) electrons. The highest BCUT2D eigenvalue weighted by Crippen LogP contribution is 2.55. The third kappa shape index (κ3) is 5.23. The molecule has 0 spiro atoms. The van der Waals surface area contributed by atoms with E-state index < -0.39 is 0 Å². The molecule has 5 nitrogen and oxygen atoms in total. The van der Waals surface area contributed by atoms with E-state index in [1.54, 1.807) is 24.3 Å². The lowest BCUT2D eigenvalue weighted by Crippen LogP contribution is -2.14. The summed E-state index contributed by atoms with van der Waals surface area (Å²) in [6.07, 6.45) is 0. The average molecular weight is 797 g/mol. The van der Waals surface area contributed by atoms with Crippen LogP contribution in [0.25, 0.3) is 76.6 Å². The number of halogens is 2. The zero-order valence-electron chi connectivity index (χ0n) is 33.0. The molecule has 0 amide bonds. The fraction of sp³-hybridized carbons (Fsp3) is 0.0370. The maximum atomic E-state index is 14.9. The molecule has 9 aromatic carbocycles. The first-order valence-electron chi connectivity index (χ1n) is 20.2. The monoisotopic (exact) mass is 796 g/mol. The topological polar surface area (TPSA) is 45.9 Å². The Morgan fingerprint density at radius 2 is 0.754 bits per heavy atom. The molecule has 3 aromatic heterocycles. The molecule has 0 saturated carbocycles. The van der Waals surface area contributed by atoms with E-state index in [2.05, 4.69) is 71.3 Å². The van der Waals surface area contributed by atoms with Crippen molar-refractivity contribution in [3.05, 3.63) is 193 Å². The third-order valence-corrected chi connectivity index (χ3v) is 12.0. The van der Waals surface area contributed by atoms with E-state index in [1.807, 2.05) is 73.7 Å². The lowest BCUT2D eigenvalue weighted by molar-refractivity contribution is 0.627. The molecule has 0 fully saturated rings. The van der Waals surface area contributed by atoms with Gasteiger partial charge in [-0.2, -0.15) is 0 Å². The molecule has 0 bridgehead atoms. The van der Waals surface area contributed by atoms with Gasteiger partial charge in [-0.15, -0.1) is 0 Å². The SMILES string of the molecule is Cc1cccc2c1oc1c(N(c3ccc(F)cc3)c3c4ccccc4c(N(c4ccc(F)cc4)c4cccc5c4oc4c(C)cccc45)c4c3oc3ccccc34)cccc12. The second-order valence-electron chi connectivity index (χ2n) is 15.6. The van der Waals surface area contributed by atoms with Crippen LogP contribution in [0, 0.1) is 25.5 Å². The fourth-order valence-electron chi connectivity index (χ4n) is 9.26. The number of para-hydroxylation sites is 5. The van der Waals surface area contributed by atoms with Gasteiger partial charge < -0.3 is 23.1 Å². The van der Waals surface area contributed by atoms with Crippen LogP contribution in [0.5, 0.6) is 0 Å². The van der Waals surface area contributed by atoms with Crippen LogP contribution in [0.3, 0.4) is 0 Å². The first-order valence-corrected chi connectivity index (χ1v) is 20.2. The Balaban J connectivity index is 1.25. The number of hydrogen-bond donors (Lipinski definition) is 0. The molecular formula is C54H34F2N2O3. The number of nitrogens with zero attached hydrogens (tertiary/aromatic N) is 2. The molecule has 0 aliphatic carbocycles. The van der Waals surface area contributed by atoms with E-state index in [0.29, 0.717) is 28.0 Å². The Hall–Kier alpha value is -7.90. The highest BCUT2D eigenvalue weighted by Gasteiger charge is 2.31. The van der Waals surface area contributed by atoms with Crippen LogP contribution in [0.15, 0.2) is 183 Å². The Bertz CT molecular complexity index is 3710. The molecule has 0 aliphatic rings. The van der Waals surface area contributed by atoms with Crippen LogP contribution >= 0.6 is 0 Å². The van der Waals surface area contributed by atoms with Gasteiger partial charge in [0.2, 0.25) is 0 Å². The molecule has 0 N–H and O–H groups in total. The van der Waals surface area contributed by atoms with Gasteiger partial charge in [0.05, 0.1) is 28.1 Å². The van der Waals surface area contributed by atoms with E-state index in [4.69, 9.17) is 13.3 Å².